The van der Waals surface area contributed by atoms with Crippen LogP contribution in [-0.2, 0) is 33.2 Å². The Bertz CT molecular complexity index is 2050. The predicted molar refractivity (Wildman–Crippen MR) is 462 cm³/mol. The van der Waals surface area contributed by atoms with Gasteiger partial charge in [0.05, 0.1) is 38.6 Å². The molecule has 1 amide bonds. The molecule has 3 fully saturated rings. The standard InChI is InChI=1S/C95H185NO18/c1-3-5-7-9-11-13-15-17-19-21-23-25-27-29-31-33-35-37-38-39-41-43-45-47-49-51-53-55-57-59-61-63-65-67-69-71-73-83(101)96-78(79(100)72-70-68-66-64-62-60-58-56-54-52-50-48-46-44-42-40-36-34-32-30-28-26-24-22-20-18-16-14-12-10-8-6-4-2)77-109-93-89(107)86(104)91(81(75-98)111-93)114-95-90(108)87(105)92(82(76-99)112-95)113-94-88(106)85(103)84(102)80(74-97)110-94/h78-82,84-95,97-100,102-108H,3-77H2,1-2H3,(H,96,101). The highest BCUT2D eigenvalue weighted by molar-refractivity contribution is 5.76. The first-order valence-electron chi connectivity index (χ1n) is 49.3. The number of hydrogen-bond donors (Lipinski definition) is 12. The molecule has 19 heteroatoms. The van der Waals surface area contributed by atoms with E-state index in [0.717, 1.165) is 44.9 Å². The van der Waals surface area contributed by atoms with E-state index in [9.17, 15) is 61.0 Å². The van der Waals surface area contributed by atoms with Crippen molar-refractivity contribution in [2.24, 2.45) is 0 Å². The van der Waals surface area contributed by atoms with Crippen molar-refractivity contribution in [3.63, 3.8) is 0 Å². The van der Waals surface area contributed by atoms with Gasteiger partial charge in [0.2, 0.25) is 5.91 Å². The molecule has 0 aliphatic carbocycles. The van der Waals surface area contributed by atoms with E-state index in [-0.39, 0.29) is 18.9 Å². The van der Waals surface area contributed by atoms with Crippen molar-refractivity contribution in [1.29, 1.82) is 0 Å². The van der Waals surface area contributed by atoms with E-state index < -0.39 is 124 Å². The molecular weight excluding hydrogens is 1440 g/mol. The second-order valence-electron chi connectivity index (χ2n) is 35.6. The van der Waals surface area contributed by atoms with Crippen LogP contribution in [-0.4, -0.2) is 193 Å². The molecule has 17 atom stereocenters. The van der Waals surface area contributed by atoms with Gasteiger partial charge in [0.1, 0.15) is 73.2 Å². The number of aliphatic hydroxyl groups is 11. The second-order valence-corrected chi connectivity index (χ2v) is 35.6. The molecule has 678 valence electrons. The summed E-state index contributed by atoms with van der Waals surface area (Å²) in [5.41, 5.74) is 0. The van der Waals surface area contributed by atoms with Crippen LogP contribution < -0.4 is 5.32 Å². The maximum absolute atomic E-state index is 13.6. The number of aliphatic hydroxyl groups excluding tert-OH is 11. The van der Waals surface area contributed by atoms with Crippen LogP contribution in [0.2, 0.25) is 0 Å². The summed E-state index contributed by atoms with van der Waals surface area (Å²) < 4.78 is 34.7. The first kappa shape index (κ1) is 107. The third-order valence-corrected chi connectivity index (χ3v) is 25.2. The lowest BCUT2D eigenvalue weighted by Crippen LogP contribution is -2.66. The summed E-state index contributed by atoms with van der Waals surface area (Å²) in [5, 5.41) is 122. The van der Waals surface area contributed by atoms with Crippen LogP contribution in [0.4, 0.5) is 0 Å². The fourth-order valence-corrected chi connectivity index (χ4v) is 17.4. The van der Waals surface area contributed by atoms with Crippen LogP contribution in [0.1, 0.15) is 470 Å². The zero-order valence-corrected chi connectivity index (χ0v) is 73.6. The van der Waals surface area contributed by atoms with Crippen molar-refractivity contribution < 1.29 is 89.4 Å². The van der Waals surface area contributed by atoms with Gasteiger partial charge < -0.3 is 89.9 Å². The van der Waals surface area contributed by atoms with Crippen molar-refractivity contribution in [1.82, 2.24) is 5.32 Å². The number of hydrogen-bond acceptors (Lipinski definition) is 18. The van der Waals surface area contributed by atoms with Crippen molar-refractivity contribution in [3.05, 3.63) is 0 Å². The zero-order chi connectivity index (χ0) is 82.4. The highest BCUT2D eigenvalue weighted by Crippen LogP contribution is 2.34. The molecule has 0 aromatic rings. The average Bonchev–Trinajstić information content (AvgIpc) is 0.775. The van der Waals surface area contributed by atoms with Crippen LogP contribution >= 0.6 is 0 Å². The summed E-state index contributed by atoms with van der Waals surface area (Å²) in [4.78, 5) is 13.6. The first-order valence-corrected chi connectivity index (χ1v) is 49.3. The summed E-state index contributed by atoms with van der Waals surface area (Å²) in [6.45, 7) is 1.90. The Morgan fingerprint density at radius 1 is 0.281 bits per heavy atom. The largest absolute Gasteiger partial charge is 0.394 e. The predicted octanol–water partition coefficient (Wildman–Crippen LogP) is 20.0. The molecule has 0 saturated carbocycles. The van der Waals surface area contributed by atoms with Crippen LogP contribution in [0.3, 0.4) is 0 Å². The van der Waals surface area contributed by atoms with E-state index in [1.165, 1.54) is 392 Å². The summed E-state index contributed by atoms with van der Waals surface area (Å²) in [6.07, 6.45) is 66.8. The number of nitrogens with one attached hydrogen (secondary N) is 1. The lowest BCUT2D eigenvalue weighted by atomic mass is 9.96. The molecule has 114 heavy (non-hydrogen) atoms. The van der Waals surface area contributed by atoms with E-state index in [1.54, 1.807) is 0 Å². The third kappa shape index (κ3) is 53.0. The van der Waals surface area contributed by atoms with Crippen LogP contribution in [0.25, 0.3) is 0 Å². The lowest BCUT2D eigenvalue weighted by molar-refractivity contribution is -0.379. The minimum atomic E-state index is -1.97. The van der Waals surface area contributed by atoms with Gasteiger partial charge in [0.15, 0.2) is 18.9 Å². The van der Waals surface area contributed by atoms with Gasteiger partial charge in [-0.05, 0) is 12.8 Å². The zero-order valence-electron chi connectivity index (χ0n) is 73.6. The Kier molecular flexibility index (Phi) is 70.9. The van der Waals surface area contributed by atoms with Gasteiger partial charge in [0.25, 0.3) is 0 Å². The molecule has 3 aliphatic heterocycles. The molecule has 17 unspecified atom stereocenters. The highest BCUT2D eigenvalue weighted by Gasteiger charge is 2.54. The van der Waals surface area contributed by atoms with Crippen LogP contribution in [0, 0.1) is 0 Å². The number of ether oxygens (including phenoxy) is 6. The fraction of sp³-hybridized carbons (Fsp3) is 0.989. The SMILES string of the molecule is CCCCCCCCCCCCCCCCCCCCCCCCCCCCCCCCCCCCCCC(=O)NC(COC1OC(CO)C(OC2OC(CO)C(OC3OC(CO)C(O)C(O)C3O)C(O)C2O)C(O)C1O)C(O)CCCCCCCCCCCCCCCCCCCCCCCCCCCCCCCCCCC. The number of unbranched alkanes of at least 4 members (excludes halogenated alkanes) is 67. The number of rotatable bonds is 83. The van der Waals surface area contributed by atoms with Gasteiger partial charge in [-0.25, -0.2) is 0 Å². The lowest BCUT2D eigenvalue weighted by Gasteiger charge is -2.48. The minimum Gasteiger partial charge on any atom is -0.394 e. The molecule has 3 saturated heterocycles. The molecular formula is C95H185NO18. The maximum Gasteiger partial charge on any atom is 0.220 e. The third-order valence-electron chi connectivity index (χ3n) is 25.2. The topological polar surface area (TPSA) is 307 Å². The van der Waals surface area contributed by atoms with Crippen LogP contribution in [0.15, 0.2) is 0 Å². The Hall–Kier alpha value is -1.21. The molecule has 0 spiro atoms. The van der Waals surface area contributed by atoms with Gasteiger partial charge in [-0.15, -0.1) is 0 Å². The minimum absolute atomic E-state index is 0.230. The summed E-state index contributed by atoms with van der Waals surface area (Å²) >= 11 is 0. The van der Waals surface area contributed by atoms with Gasteiger partial charge in [-0.1, -0.05) is 450 Å². The normalized spacial score (nSPS) is 24.6. The second kappa shape index (κ2) is 75.5. The molecule has 0 bridgehead atoms. The van der Waals surface area contributed by atoms with Gasteiger partial charge in [-0.2, -0.15) is 0 Å². The van der Waals surface area contributed by atoms with Crippen molar-refractivity contribution in [3.8, 4) is 0 Å². The number of carbonyl (C=O) groups is 1. The van der Waals surface area contributed by atoms with Crippen LogP contribution in [0.5, 0.6) is 0 Å². The Morgan fingerprint density at radius 3 is 0.763 bits per heavy atom. The van der Waals surface area contributed by atoms with Gasteiger partial charge in [-0.3, -0.25) is 4.79 Å². The number of amides is 1. The summed E-state index contributed by atoms with van der Waals surface area (Å²) in [5.74, 6) is -0.230. The smallest absolute Gasteiger partial charge is 0.220 e. The Morgan fingerprint density at radius 2 is 0.500 bits per heavy atom. The molecule has 0 aromatic carbocycles. The molecule has 12 N–H and O–H groups in total. The molecule has 0 radical (unpaired) electrons. The van der Waals surface area contributed by atoms with Crippen molar-refractivity contribution in [2.45, 2.75) is 574 Å². The molecule has 19 nitrogen and oxygen atoms in total. The fourth-order valence-electron chi connectivity index (χ4n) is 17.4. The van der Waals surface area contributed by atoms with Gasteiger partial charge >= 0.3 is 0 Å². The van der Waals surface area contributed by atoms with E-state index in [0.29, 0.717) is 12.8 Å². The number of carbonyl (C=O) groups excluding carboxylic acids is 1. The summed E-state index contributed by atoms with van der Waals surface area (Å²) in [6, 6.07) is -0.885. The Labute approximate surface area is 697 Å². The van der Waals surface area contributed by atoms with E-state index in [1.807, 2.05) is 0 Å². The molecule has 3 heterocycles. The highest BCUT2D eigenvalue weighted by atomic mass is 16.8. The van der Waals surface area contributed by atoms with E-state index in [4.69, 9.17) is 28.4 Å². The van der Waals surface area contributed by atoms with Crippen molar-refractivity contribution >= 4 is 5.91 Å². The quantitative estimate of drug-likeness (QED) is 0.0252. The van der Waals surface area contributed by atoms with Crippen molar-refractivity contribution in [2.75, 3.05) is 26.4 Å². The monoisotopic (exact) mass is 1630 g/mol. The van der Waals surface area contributed by atoms with E-state index in [2.05, 4.69) is 19.2 Å². The van der Waals surface area contributed by atoms with Gasteiger partial charge in [0, 0.05) is 6.42 Å². The molecule has 0 aromatic heterocycles. The Balaban J connectivity index is 1.28. The molecule has 3 rings (SSSR count). The summed E-state index contributed by atoms with van der Waals surface area (Å²) in [7, 11) is 0. The first-order chi connectivity index (χ1) is 55.8. The maximum atomic E-state index is 13.6. The molecule has 3 aliphatic rings. The van der Waals surface area contributed by atoms with E-state index >= 15 is 0 Å². The average molecular weight is 1630 g/mol.